The minimum Gasteiger partial charge on any atom is -0.356 e. The van der Waals surface area contributed by atoms with Gasteiger partial charge in [-0.1, -0.05) is 207 Å². The Kier molecular flexibility index (Phi) is 51.0. The Morgan fingerprint density at radius 3 is 0.975 bits per heavy atom. The Hall–Kier alpha value is -2.76. The lowest BCUT2D eigenvalue weighted by Crippen LogP contribution is -2.31. The van der Waals surface area contributed by atoms with Gasteiger partial charge in [0.05, 0.1) is 7.14 Å². The predicted octanol–water partition coefficient (Wildman–Crippen LogP) is 15.2. The molecule has 468 valence electrons. The van der Waals surface area contributed by atoms with Gasteiger partial charge in [0.2, 0.25) is 17.7 Å². The van der Waals surface area contributed by atoms with Crippen LogP contribution in [0.3, 0.4) is 0 Å². The first-order valence-corrected chi connectivity index (χ1v) is 36.3. The van der Waals surface area contributed by atoms with Crippen LogP contribution in [0.2, 0.25) is 0 Å². The molecule has 4 N–H and O–H groups in total. The molecule has 3 amide bonds. The van der Waals surface area contributed by atoms with Gasteiger partial charge in [-0.25, -0.2) is 4.79 Å². The zero-order valence-electron chi connectivity index (χ0n) is 53.0. The molecule has 0 saturated carbocycles. The van der Waals surface area contributed by atoms with Gasteiger partial charge in [-0.2, -0.15) is 0 Å². The Morgan fingerprint density at radius 1 is 0.412 bits per heavy atom. The van der Waals surface area contributed by atoms with Crippen LogP contribution in [0.25, 0.3) is 0 Å². The maximum Gasteiger partial charge on any atom is 0.328 e. The quantitative estimate of drug-likeness (QED) is 0.0370. The van der Waals surface area contributed by atoms with E-state index in [1.54, 1.807) is 13.1 Å². The van der Waals surface area contributed by atoms with Crippen LogP contribution in [-0.2, 0) is 25.5 Å². The highest BCUT2D eigenvalue weighted by molar-refractivity contribution is 7.64. The lowest BCUT2D eigenvalue weighted by atomic mass is 10.1. The molecule has 0 saturated heterocycles. The summed E-state index contributed by atoms with van der Waals surface area (Å²) in [6.45, 7) is 19.9. The number of H-pyrrole nitrogens is 1. The maximum atomic E-state index is 14.5. The highest BCUT2D eigenvalue weighted by Gasteiger charge is 2.25. The van der Waals surface area contributed by atoms with Crippen LogP contribution < -0.4 is 27.2 Å². The number of aryl methyl sites for hydroxylation is 2. The van der Waals surface area contributed by atoms with Crippen molar-refractivity contribution in [2.24, 2.45) is 0 Å². The number of hydrogen-bond acceptors (Lipinski definition) is 8. The van der Waals surface area contributed by atoms with E-state index in [0.29, 0.717) is 44.6 Å². The first-order chi connectivity index (χ1) is 39.0. The van der Waals surface area contributed by atoms with E-state index in [1.807, 2.05) is 0 Å². The van der Waals surface area contributed by atoms with Gasteiger partial charge in [-0.15, -0.1) is 0 Å². The van der Waals surface area contributed by atoms with Gasteiger partial charge in [0.25, 0.3) is 5.56 Å². The van der Waals surface area contributed by atoms with E-state index in [-0.39, 0.29) is 55.5 Å². The van der Waals surface area contributed by atoms with E-state index in [2.05, 4.69) is 58.4 Å². The number of carbonyl (C=O) groups is 3. The number of aromatic nitrogens is 2. The van der Waals surface area contributed by atoms with Crippen LogP contribution in [0.4, 0.5) is 0 Å². The van der Waals surface area contributed by atoms with Gasteiger partial charge in [0.15, 0.2) is 0 Å². The van der Waals surface area contributed by atoms with Crippen molar-refractivity contribution in [2.45, 2.75) is 304 Å². The number of nitrogens with zero attached hydrogens (tertiary/aromatic N) is 3. The SMILES string of the molecule is CCCCCCCCCN(CCCCCCCCC)CCCCCCNC(=O)CCP(=O)(CCC(=O)NCCCCCCN(CCCCCCCCC)CCCCCCCCC)CCC(=O)NCCCCn1cc(C)c(=O)[nH]c1=O. The normalized spacial score (nSPS) is 11.8. The van der Waals surface area contributed by atoms with Crippen molar-refractivity contribution in [3.63, 3.8) is 0 Å². The third-order valence-electron chi connectivity index (χ3n) is 16.3. The van der Waals surface area contributed by atoms with E-state index in [9.17, 15) is 28.5 Å². The molecule has 1 aromatic heterocycles. The molecule has 0 spiro atoms. The number of hydrogen-bond donors (Lipinski definition) is 4. The molecule has 0 radical (unpaired) electrons. The zero-order chi connectivity index (χ0) is 58.4. The molecule has 13 nitrogen and oxygen atoms in total. The van der Waals surface area contributed by atoms with Crippen LogP contribution >= 0.6 is 7.14 Å². The summed E-state index contributed by atoms with van der Waals surface area (Å²) in [4.78, 5) is 70.9. The fourth-order valence-corrected chi connectivity index (χ4v) is 13.4. The summed E-state index contributed by atoms with van der Waals surface area (Å²) >= 11 is 0. The Balaban J connectivity index is 2.64. The molecule has 0 fully saturated rings. The zero-order valence-corrected chi connectivity index (χ0v) is 53.9. The van der Waals surface area contributed by atoms with Crippen LogP contribution in [-0.4, -0.2) is 114 Å². The van der Waals surface area contributed by atoms with Gasteiger partial charge in [-0.05, 0) is 110 Å². The Morgan fingerprint density at radius 2 is 0.675 bits per heavy atom. The Bertz CT molecular complexity index is 1680. The van der Waals surface area contributed by atoms with Crippen molar-refractivity contribution in [3.05, 3.63) is 32.6 Å². The molecular formula is C66H128N7O6P. The summed E-state index contributed by atoms with van der Waals surface area (Å²) < 4.78 is 16.0. The van der Waals surface area contributed by atoms with Gasteiger partial charge in [0, 0.05) is 75.7 Å². The minimum absolute atomic E-state index is 0.0597. The summed E-state index contributed by atoms with van der Waals surface area (Å²) in [6.07, 6.45) is 49.8. The topological polar surface area (TPSA) is 166 Å². The molecule has 1 heterocycles. The van der Waals surface area contributed by atoms with Crippen LogP contribution in [0.1, 0.15) is 297 Å². The lowest BCUT2D eigenvalue weighted by Gasteiger charge is -2.22. The fourth-order valence-electron chi connectivity index (χ4n) is 10.9. The van der Waals surface area contributed by atoms with Gasteiger partial charge >= 0.3 is 5.69 Å². The second-order valence-corrected chi connectivity index (χ2v) is 27.5. The molecule has 0 unspecified atom stereocenters. The molecule has 0 aliphatic heterocycles. The third-order valence-corrected chi connectivity index (χ3v) is 19.5. The molecule has 0 bridgehead atoms. The fraction of sp³-hybridized carbons (Fsp3) is 0.894. The van der Waals surface area contributed by atoms with E-state index in [1.165, 1.54) is 223 Å². The third kappa shape index (κ3) is 45.7. The largest absolute Gasteiger partial charge is 0.356 e. The minimum atomic E-state index is -3.04. The molecule has 14 heteroatoms. The summed E-state index contributed by atoms with van der Waals surface area (Å²) in [5.41, 5.74) is -0.374. The number of unbranched alkanes of at least 4 members (excludes halogenated alkanes) is 31. The number of carbonyl (C=O) groups excluding carboxylic acids is 3. The summed E-state index contributed by atoms with van der Waals surface area (Å²) in [7, 11) is -3.04. The summed E-state index contributed by atoms with van der Waals surface area (Å²) in [5, 5.41) is 9.07. The average Bonchev–Trinajstić information content (AvgIpc) is 3.44. The van der Waals surface area contributed by atoms with E-state index in [0.717, 1.165) is 51.6 Å². The Labute approximate surface area is 491 Å². The highest BCUT2D eigenvalue weighted by Crippen LogP contribution is 2.47. The second kappa shape index (κ2) is 54.2. The molecule has 80 heavy (non-hydrogen) atoms. The standard InChI is InChI=1S/C66H128N7O6P/c1-6-10-14-18-22-28-37-50-71(51-38-29-23-19-15-11-7-2)54-41-32-26-34-47-67-62(74)44-57-80(79,59-46-64(76)69-49-36-43-56-73-60-61(5)65(77)70-66(73)78)58-45-63(75)68-48-35-27-33-42-55-72(52-39-30-24-20-16-12-8-3)53-40-31-25-21-17-13-9-4/h60H,6-59H2,1-5H3,(H,67,74)(H,68,75)(H,69,76)(H,70,77,78). The van der Waals surface area contributed by atoms with Crippen molar-refractivity contribution >= 4 is 24.9 Å². The molecule has 0 aliphatic carbocycles. The molecule has 1 rings (SSSR count). The van der Waals surface area contributed by atoms with E-state index in [4.69, 9.17) is 0 Å². The number of amides is 3. The van der Waals surface area contributed by atoms with Gasteiger partial charge < -0.3 is 34.9 Å². The lowest BCUT2D eigenvalue weighted by molar-refractivity contribution is -0.121. The monoisotopic (exact) mass is 1150 g/mol. The molecule has 0 aliphatic rings. The van der Waals surface area contributed by atoms with Gasteiger partial charge in [0.1, 0.15) is 0 Å². The maximum absolute atomic E-state index is 14.5. The number of aromatic amines is 1. The molecular weight excluding hydrogens is 1020 g/mol. The summed E-state index contributed by atoms with van der Waals surface area (Å²) in [5.74, 6) is -0.455. The molecule has 1 aromatic rings. The predicted molar refractivity (Wildman–Crippen MR) is 342 cm³/mol. The van der Waals surface area contributed by atoms with Crippen molar-refractivity contribution < 1.29 is 18.9 Å². The average molecular weight is 1150 g/mol. The van der Waals surface area contributed by atoms with Crippen molar-refractivity contribution in [3.8, 4) is 0 Å². The van der Waals surface area contributed by atoms with Crippen LogP contribution in [0.5, 0.6) is 0 Å². The second-order valence-electron chi connectivity index (χ2n) is 24.0. The first kappa shape index (κ1) is 75.3. The highest BCUT2D eigenvalue weighted by atomic mass is 31.2. The molecule has 0 atom stereocenters. The van der Waals surface area contributed by atoms with E-state index < -0.39 is 18.4 Å². The van der Waals surface area contributed by atoms with Crippen molar-refractivity contribution in [2.75, 3.05) is 77.4 Å². The van der Waals surface area contributed by atoms with Crippen LogP contribution in [0, 0.1) is 6.92 Å². The summed E-state index contributed by atoms with van der Waals surface area (Å²) in [6, 6.07) is 0. The van der Waals surface area contributed by atoms with Gasteiger partial charge in [-0.3, -0.25) is 24.2 Å². The van der Waals surface area contributed by atoms with E-state index >= 15 is 0 Å². The van der Waals surface area contributed by atoms with Crippen LogP contribution in [0.15, 0.2) is 15.8 Å². The van der Waals surface area contributed by atoms with Crippen molar-refractivity contribution in [1.82, 2.24) is 35.3 Å². The van der Waals surface area contributed by atoms with Crippen molar-refractivity contribution in [1.29, 1.82) is 0 Å². The first-order valence-electron chi connectivity index (χ1n) is 34.1. The number of rotatable bonds is 60. The number of nitrogens with one attached hydrogen (secondary N) is 4. The molecule has 0 aromatic carbocycles. The smallest absolute Gasteiger partial charge is 0.328 e.